The molecule has 3 aromatic rings. The summed E-state index contributed by atoms with van der Waals surface area (Å²) < 4.78 is 6.31. The number of carbonyl (C=O) groups excluding carboxylic acids is 1. The molecule has 37 heavy (non-hydrogen) atoms. The topological polar surface area (TPSA) is 110 Å². The van der Waals surface area contributed by atoms with Crippen LogP contribution in [-0.4, -0.2) is 27.5 Å². The van der Waals surface area contributed by atoms with Gasteiger partial charge in [0.1, 0.15) is 5.60 Å². The lowest BCUT2D eigenvalue weighted by molar-refractivity contribution is -0.129. The molecule has 0 saturated carbocycles. The Bertz CT molecular complexity index is 1380. The summed E-state index contributed by atoms with van der Waals surface area (Å²) in [6, 6.07) is 14.2. The number of nitrogens with one attached hydrogen (secondary N) is 1. The van der Waals surface area contributed by atoms with Gasteiger partial charge in [0.2, 0.25) is 11.8 Å². The van der Waals surface area contributed by atoms with Crippen molar-refractivity contribution in [1.29, 1.82) is 0 Å². The zero-order valence-corrected chi connectivity index (χ0v) is 22.9. The first-order chi connectivity index (χ1) is 17.3. The molecule has 0 aliphatic carbocycles. The summed E-state index contributed by atoms with van der Waals surface area (Å²) in [7, 11) is 0. The average Bonchev–Trinajstić information content (AvgIpc) is 2.82. The van der Waals surface area contributed by atoms with E-state index in [0.717, 1.165) is 16.7 Å². The maximum absolute atomic E-state index is 12.9. The number of nitrogens with zero attached hydrogens (tertiary/aromatic N) is 2. The van der Waals surface area contributed by atoms with Gasteiger partial charge in [0, 0.05) is 39.1 Å². The second-order valence-corrected chi connectivity index (χ2v) is 11.7. The SMILES string of the molecule is CC1(C)CC(NC(=O)C(C)(C)C)c2cc(-c3ccc(Cl)cc3)c(-c3ccc(/C(N)=N/O)cc3Cl)nc2O1. The van der Waals surface area contributed by atoms with Gasteiger partial charge in [-0.25, -0.2) is 4.98 Å². The summed E-state index contributed by atoms with van der Waals surface area (Å²) in [6.45, 7) is 9.59. The molecule has 1 aromatic heterocycles. The van der Waals surface area contributed by atoms with Crippen molar-refractivity contribution in [2.24, 2.45) is 16.3 Å². The molecular formula is C28H30Cl2N4O3. The largest absolute Gasteiger partial charge is 0.471 e. The van der Waals surface area contributed by atoms with E-state index >= 15 is 0 Å². The van der Waals surface area contributed by atoms with Crippen molar-refractivity contribution in [2.75, 3.05) is 0 Å². The quantitative estimate of drug-likeness (QED) is 0.150. The van der Waals surface area contributed by atoms with Crippen LogP contribution in [-0.2, 0) is 4.79 Å². The van der Waals surface area contributed by atoms with Gasteiger partial charge in [-0.2, -0.15) is 0 Å². The Morgan fingerprint density at radius 2 is 1.81 bits per heavy atom. The molecule has 0 saturated heterocycles. The van der Waals surface area contributed by atoms with Gasteiger partial charge in [0.05, 0.1) is 16.8 Å². The Morgan fingerprint density at radius 3 is 2.41 bits per heavy atom. The summed E-state index contributed by atoms with van der Waals surface area (Å²) in [4.78, 5) is 17.9. The summed E-state index contributed by atoms with van der Waals surface area (Å²) in [5.74, 6) is 0.326. The van der Waals surface area contributed by atoms with E-state index < -0.39 is 11.0 Å². The summed E-state index contributed by atoms with van der Waals surface area (Å²) in [6.07, 6.45) is 0.581. The lowest BCUT2D eigenvalue weighted by Gasteiger charge is -2.38. The fourth-order valence-electron chi connectivity index (χ4n) is 4.23. The molecule has 194 valence electrons. The maximum Gasteiger partial charge on any atom is 0.225 e. The number of fused-ring (bicyclic) bond motifs is 1. The lowest BCUT2D eigenvalue weighted by Crippen LogP contribution is -2.44. The molecule has 0 fully saturated rings. The monoisotopic (exact) mass is 540 g/mol. The van der Waals surface area contributed by atoms with Crippen molar-refractivity contribution >= 4 is 34.9 Å². The standard InChI is InChI=1S/C28H30Cl2N4O3/c1-27(2,3)26(35)32-22-14-28(4,5)37-25-20(22)13-19(15-6-9-17(29)10-7-15)23(33-25)18-11-8-16(12-21(18)30)24(31)34-36/h6-13,22,36H,14H2,1-5H3,(H2,31,34)(H,32,35). The predicted octanol–water partition coefficient (Wildman–Crippen LogP) is 6.58. The molecular weight excluding hydrogens is 511 g/mol. The number of oxime groups is 1. The fourth-order valence-corrected chi connectivity index (χ4v) is 4.63. The van der Waals surface area contributed by atoms with Gasteiger partial charge < -0.3 is 21.0 Å². The maximum atomic E-state index is 12.9. The number of aromatic nitrogens is 1. The van der Waals surface area contributed by atoms with Crippen LogP contribution in [0.1, 0.15) is 58.2 Å². The highest BCUT2D eigenvalue weighted by molar-refractivity contribution is 6.34. The number of amidine groups is 1. The Kier molecular flexibility index (Phi) is 7.14. The Labute approximate surface area is 226 Å². The predicted molar refractivity (Wildman–Crippen MR) is 147 cm³/mol. The number of carbonyl (C=O) groups is 1. The van der Waals surface area contributed by atoms with Crippen LogP contribution in [0, 0.1) is 5.41 Å². The van der Waals surface area contributed by atoms with E-state index in [2.05, 4.69) is 10.5 Å². The first-order valence-corrected chi connectivity index (χ1v) is 12.6. The second-order valence-electron chi connectivity index (χ2n) is 10.8. The first kappa shape index (κ1) is 26.8. The highest BCUT2D eigenvalue weighted by Gasteiger charge is 2.38. The summed E-state index contributed by atoms with van der Waals surface area (Å²) >= 11 is 12.8. The minimum absolute atomic E-state index is 0.0488. The number of hydrogen-bond acceptors (Lipinski definition) is 5. The number of pyridine rings is 1. The Balaban J connectivity index is 1.93. The second kappa shape index (κ2) is 9.88. The molecule has 0 bridgehead atoms. The van der Waals surface area contributed by atoms with Gasteiger partial charge in [-0.1, -0.05) is 73.4 Å². The van der Waals surface area contributed by atoms with E-state index in [-0.39, 0.29) is 17.8 Å². The van der Waals surface area contributed by atoms with Crippen LogP contribution in [0.3, 0.4) is 0 Å². The number of ether oxygens (including phenoxy) is 1. The van der Waals surface area contributed by atoms with Crippen LogP contribution < -0.4 is 15.8 Å². The van der Waals surface area contributed by atoms with E-state index in [1.807, 2.05) is 65.0 Å². The number of amides is 1. The minimum Gasteiger partial charge on any atom is -0.471 e. The molecule has 9 heteroatoms. The molecule has 1 unspecified atom stereocenters. The van der Waals surface area contributed by atoms with Crippen molar-refractivity contribution in [3.8, 4) is 28.3 Å². The molecule has 2 aromatic carbocycles. The number of hydrogen-bond donors (Lipinski definition) is 3. The van der Waals surface area contributed by atoms with Crippen LogP contribution in [0.5, 0.6) is 5.88 Å². The van der Waals surface area contributed by atoms with Crippen LogP contribution in [0.25, 0.3) is 22.4 Å². The van der Waals surface area contributed by atoms with E-state index in [0.29, 0.717) is 39.2 Å². The van der Waals surface area contributed by atoms with Crippen molar-refractivity contribution < 1.29 is 14.7 Å². The average molecular weight is 541 g/mol. The zero-order valence-electron chi connectivity index (χ0n) is 21.4. The lowest BCUT2D eigenvalue weighted by atomic mass is 9.87. The molecule has 7 nitrogen and oxygen atoms in total. The molecule has 4 N–H and O–H groups in total. The Morgan fingerprint density at radius 1 is 1.14 bits per heavy atom. The summed E-state index contributed by atoms with van der Waals surface area (Å²) in [5, 5.41) is 16.3. The van der Waals surface area contributed by atoms with Crippen molar-refractivity contribution in [3.63, 3.8) is 0 Å². The number of nitrogens with two attached hydrogens (primary N) is 1. The van der Waals surface area contributed by atoms with Crippen LogP contribution >= 0.6 is 23.2 Å². The molecule has 1 aliphatic rings. The normalized spacial score (nSPS) is 17.1. The third kappa shape index (κ3) is 5.68. The molecule has 0 radical (unpaired) electrons. The minimum atomic E-state index is -0.561. The number of benzene rings is 2. The molecule has 4 rings (SSSR count). The smallest absolute Gasteiger partial charge is 0.225 e. The van der Waals surface area contributed by atoms with Crippen LogP contribution in [0.4, 0.5) is 0 Å². The zero-order chi connectivity index (χ0) is 27.1. The van der Waals surface area contributed by atoms with Gasteiger partial charge >= 0.3 is 0 Å². The third-order valence-electron chi connectivity index (χ3n) is 6.23. The van der Waals surface area contributed by atoms with Gasteiger partial charge in [-0.05, 0) is 43.7 Å². The molecule has 0 spiro atoms. The van der Waals surface area contributed by atoms with Crippen molar-refractivity contribution in [3.05, 3.63) is 69.7 Å². The van der Waals surface area contributed by atoms with E-state index in [4.69, 9.17) is 43.9 Å². The molecule has 2 heterocycles. The molecule has 1 atom stereocenters. The first-order valence-electron chi connectivity index (χ1n) is 11.9. The highest BCUT2D eigenvalue weighted by atomic mass is 35.5. The summed E-state index contributed by atoms with van der Waals surface area (Å²) in [5.41, 5.74) is 8.81. The highest BCUT2D eigenvalue weighted by Crippen LogP contribution is 2.45. The van der Waals surface area contributed by atoms with Crippen LogP contribution in [0.15, 0.2) is 53.7 Å². The Hall–Kier alpha value is -3.29. The fraction of sp³-hybridized carbons (Fsp3) is 0.321. The van der Waals surface area contributed by atoms with Gasteiger partial charge in [-0.15, -0.1) is 0 Å². The van der Waals surface area contributed by atoms with E-state index in [1.165, 1.54) is 0 Å². The van der Waals surface area contributed by atoms with Crippen LogP contribution in [0.2, 0.25) is 10.0 Å². The van der Waals surface area contributed by atoms with Gasteiger partial charge in [0.15, 0.2) is 5.84 Å². The number of rotatable bonds is 4. The molecule has 1 aliphatic heterocycles. The van der Waals surface area contributed by atoms with Crippen molar-refractivity contribution in [1.82, 2.24) is 10.3 Å². The van der Waals surface area contributed by atoms with Crippen molar-refractivity contribution in [2.45, 2.75) is 52.7 Å². The van der Waals surface area contributed by atoms with E-state index in [9.17, 15) is 4.79 Å². The van der Waals surface area contributed by atoms with Gasteiger partial charge in [-0.3, -0.25) is 4.79 Å². The van der Waals surface area contributed by atoms with Gasteiger partial charge in [0.25, 0.3) is 0 Å². The number of halogens is 2. The molecule has 1 amide bonds. The third-order valence-corrected chi connectivity index (χ3v) is 6.79. The van der Waals surface area contributed by atoms with E-state index in [1.54, 1.807) is 18.2 Å².